The molecule has 3 rings (SSSR count). The predicted molar refractivity (Wildman–Crippen MR) is 96.1 cm³/mol. The number of hydrogen-bond donors (Lipinski definition) is 2. The van der Waals surface area contributed by atoms with Crippen molar-refractivity contribution >= 4 is 5.91 Å². The molecular formula is C18H23F3N6O. The standard InChI is InChI=1S/C18H23F3N6O/c1-11-9-15(26-17(23-11)27-8-7-22-10-27)16(28)25-14-5-3-13(4-6-14)24-12(2)18(19,20)21/h7-10,12-14,24H,3-6H2,1-2H3,(H,25,28). The van der Waals surface area contributed by atoms with Gasteiger partial charge in [0.2, 0.25) is 5.95 Å². The topological polar surface area (TPSA) is 84.7 Å². The summed E-state index contributed by atoms with van der Waals surface area (Å²) in [6.07, 6.45) is 2.97. The van der Waals surface area contributed by atoms with Crippen LogP contribution in [0.25, 0.3) is 5.95 Å². The van der Waals surface area contributed by atoms with E-state index in [2.05, 4.69) is 25.6 Å². The first-order valence-corrected chi connectivity index (χ1v) is 9.20. The Bertz CT molecular complexity index is 800. The highest BCUT2D eigenvalue weighted by Gasteiger charge is 2.37. The van der Waals surface area contributed by atoms with Crippen LogP contribution in [0.1, 0.15) is 48.8 Å². The molecule has 1 unspecified atom stereocenters. The summed E-state index contributed by atoms with van der Waals surface area (Å²) in [6.45, 7) is 2.90. The molecule has 0 aliphatic heterocycles. The van der Waals surface area contributed by atoms with E-state index in [9.17, 15) is 18.0 Å². The molecule has 0 spiro atoms. The van der Waals surface area contributed by atoms with Gasteiger partial charge in [-0.3, -0.25) is 9.36 Å². The summed E-state index contributed by atoms with van der Waals surface area (Å²) >= 11 is 0. The summed E-state index contributed by atoms with van der Waals surface area (Å²) < 4.78 is 39.6. The molecule has 152 valence electrons. The number of aryl methyl sites for hydroxylation is 1. The van der Waals surface area contributed by atoms with Gasteiger partial charge in [-0.1, -0.05) is 0 Å². The Hall–Kier alpha value is -2.49. The zero-order chi connectivity index (χ0) is 20.3. The van der Waals surface area contributed by atoms with Crippen LogP contribution in [0.15, 0.2) is 24.8 Å². The summed E-state index contributed by atoms with van der Waals surface area (Å²) in [5, 5.41) is 5.56. The third-order valence-electron chi connectivity index (χ3n) is 4.85. The van der Waals surface area contributed by atoms with Gasteiger partial charge < -0.3 is 10.6 Å². The van der Waals surface area contributed by atoms with Crippen LogP contribution in [-0.2, 0) is 0 Å². The van der Waals surface area contributed by atoms with Gasteiger partial charge in [0.05, 0.1) is 0 Å². The maximum atomic E-state index is 12.7. The molecule has 0 aromatic carbocycles. The molecule has 28 heavy (non-hydrogen) atoms. The fourth-order valence-corrected chi connectivity index (χ4v) is 3.27. The second kappa shape index (κ2) is 8.26. The van der Waals surface area contributed by atoms with Gasteiger partial charge >= 0.3 is 6.18 Å². The van der Waals surface area contributed by atoms with Crippen LogP contribution in [0, 0.1) is 6.92 Å². The lowest BCUT2D eigenvalue weighted by Gasteiger charge is -2.32. The van der Waals surface area contributed by atoms with E-state index in [0.29, 0.717) is 37.3 Å². The first kappa shape index (κ1) is 20.2. The van der Waals surface area contributed by atoms with Crippen molar-refractivity contribution in [3.05, 3.63) is 36.2 Å². The van der Waals surface area contributed by atoms with E-state index < -0.39 is 12.2 Å². The van der Waals surface area contributed by atoms with E-state index in [0.717, 1.165) is 6.92 Å². The number of carbonyl (C=O) groups excluding carboxylic acids is 1. The van der Waals surface area contributed by atoms with Crippen LogP contribution >= 0.6 is 0 Å². The molecule has 2 aromatic heterocycles. The molecule has 1 aliphatic rings. The summed E-state index contributed by atoms with van der Waals surface area (Å²) in [5.74, 6) is 0.0450. The molecular weight excluding hydrogens is 373 g/mol. The van der Waals surface area contributed by atoms with Crippen LogP contribution in [0.4, 0.5) is 13.2 Å². The van der Waals surface area contributed by atoms with Crippen molar-refractivity contribution in [2.24, 2.45) is 0 Å². The first-order valence-electron chi connectivity index (χ1n) is 9.20. The Morgan fingerprint density at radius 2 is 1.89 bits per heavy atom. The maximum absolute atomic E-state index is 12.7. The van der Waals surface area contributed by atoms with Gasteiger partial charge in [-0.05, 0) is 45.6 Å². The highest BCUT2D eigenvalue weighted by atomic mass is 19.4. The number of nitrogens with one attached hydrogen (secondary N) is 2. The molecule has 1 fully saturated rings. The maximum Gasteiger partial charge on any atom is 0.403 e. The zero-order valence-corrected chi connectivity index (χ0v) is 15.7. The van der Waals surface area contributed by atoms with Gasteiger partial charge in [0.15, 0.2) is 0 Å². The van der Waals surface area contributed by atoms with Gasteiger partial charge in [0, 0.05) is 30.2 Å². The monoisotopic (exact) mass is 396 g/mol. The minimum Gasteiger partial charge on any atom is -0.348 e. The van der Waals surface area contributed by atoms with Gasteiger partial charge in [0.25, 0.3) is 5.91 Å². The minimum absolute atomic E-state index is 0.0845. The molecule has 2 aromatic rings. The fraction of sp³-hybridized carbons (Fsp3) is 0.556. The summed E-state index contributed by atoms with van der Waals surface area (Å²) in [7, 11) is 0. The molecule has 1 atom stereocenters. The third-order valence-corrected chi connectivity index (χ3v) is 4.85. The first-order chi connectivity index (χ1) is 13.2. The highest BCUT2D eigenvalue weighted by Crippen LogP contribution is 2.24. The normalized spacial score (nSPS) is 21.3. The Morgan fingerprint density at radius 3 is 2.50 bits per heavy atom. The lowest BCUT2D eigenvalue weighted by molar-refractivity contribution is -0.153. The molecule has 10 heteroatoms. The lowest BCUT2D eigenvalue weighted by Crippen LogP contribution is -2.48. The van der Waals surface area contributed by atoms with E-state index in [1.54, 1.807) is 36.3 Å². The average Bonchev–Trinajstić information content (AvgIpc) is 3.16. The number of amides is 1. The lowest BCUT2D eigenvalue weighted by atomic mass is 9.90. The number of nitrogens with zero attached hydrogens (tertiary/aromatic N) is 4. The Labute approximate surface area is 160 Å². The number of halogens is 3. The summed E-state index contributed by atoms with van der Waals surface area (Å²) in [5.41, 5.74) is 0.903. The van der Waals surface area contributed by atoms with E-state index in [-0.39, 0.29) is 23.7 Å². The van der Waals surface area contributed by atoms with Gasteiger partial charge in [-0.15, -0.1) is 0 Å². The number of carbonyl (C=O) groups is 1. The molecule has 0 bridgehead atoms. The predicted octanol–water partition coefficient (Wildman–Crippen LogP) is 2.55. The quantitative estimate of drug-likeness (QED) is 0.812. The van der Waals surface area contributed by atoms with E-state index in [1.165, 1.54) is 0 Å². The molecule has 2 heterocycles. The average molecular weight is 396 g/mol. The molecule has 0 saturated heterocycles. The van der Waals surface area contributed by atoms with Crippen LogP contribution in [0.5, 0.6) is 0 Å². The van der Waals surface area contributed by atoms with Gasteiger partial charge in [-0.25, -0.2) is 15.0 Å². The Balaban J connectivity index is 1.56. The van der Waals surface area contributed by atoms with Crippen molar-refractivity contribution in [2.45, 2.75) is 63.8 Å². The largest absolute Gasteiger partial charge is 0.403 e. The minimum atomic E-state index is -4.25. The molecule has 1 aliphatic carbocycles. The molecule has 1 amide bonds. The molecule has 7 nitrogen and oxygen atoms in total. The number of alkyl halides is 3. The second-order valence-corrected chi connectivity index (χ2v) is 7.12. The van der Waals surface area contributed by atoms with Crippen molar-refractivity contribution in [1.29, 1.82) is 0 Å². The van der Waals surface area contributed by atoms with Crippen LogP contribution in [0.3, 0.4) is 0 Å². The number of imidazole rings is 1. The summed E-state index contributed by atoms with van der Waals surface area (Å²) in [4.78, 5) is 25.1. The van der Waals surface area contributed by atoms with Crippen molar-refractivity contribution in [2.75, 3.05) is 0 Å². The highest BCUT2D eigenvalue weighted by molar-refractivity contribution is 5.92. The van der Waals surface area contributed by atoms with Gasteiger partial charge in [-0.2, -0.15) is 13.2 Å². The number of aromatic nitrogens is 4. The number of hydrogen-bond acceptors (Lipinski definition) is 5. The Kier molecular flexibility index (Phi) is 5.97. The summed E-state index contributed by atoms with van der Waals surface area (Å²) in [6, 6.07) is -0.208. The van der Waals surface area contributed by atoms with Crippen molar-refractivity contribution in [3.63, 3.8) is 0 Å². The van der Waals surface area contributed by atoms with Crippen LogP contribution < -0.4 is 10.6 Å². The van der Waals surface area contributed by atoms with E-state index >= 15 is 0 Å². The van der Waals surface area contributed by atoms with Crippen molar-refractivity contribution in [1.82, 2.24) is 30.2 Å². The fourth-order valence-electron chi connectivity index (χ4n) is 3.27. The second-order valence-electron chi connectivity index (χ2n) is 7.12. The molecule has 0 radical (unpaired) electrons. The van der Waals surface area contributed by atoms with Crippen molar-refractivity contribution in [3.8, 4) is 5.95 Å². The molecule has 2 N–H and O–H groups in total. The van der Waals surface area contributed by atoms with Crippen molar-refractivity contribution < 1.29 is 18.0 Å². The SMILES string of the molecule is Cc1cc(C(=O)NC2CCC(NC(C)C(F)(F)F)CC2)nc(-n2ccnc2)n1. The zero-order valence-electron chi connectivity index (χ0n) is 15.7. The van der Waals surface area contributed by atoms with Crippen LogP contribution in [0.2, 0.25) is 0 Å². The number of rotatable bonds is 5. The van der Waals surface area contributed by atoms with E-state index in [1.807, 2.05) is 0 Å². The Morgan fingerprint density at radius 1 is 1.21 bits per heavy atom. The third kappa shape index (κ3) is 5.06. The molecule has 1 saturated carbocycles. The van der Waals surface area contributed by atoms with E-state index in [4.69, 9.17) is 0 Å². The smallest absolute Gasteiger partial charge is 0.348 e. The van der Waals surface area contributed by atoms with Gasteiger partial charge in [0.1, 0.15) is 18.1 Å². The van der Waals surface area contributed by atoms with Crippen LogP contribution in [-0.4, -0.2) is 49.7 Å².